The largest absolute Gasteiger partial charge is 0.775 e. The first kappa shape index (κ1) is 14.0. The molecule has 90 valence electrons. The zero-order valence-corrected chi connectivity index (χ0v) is 11.8. The van der Waals surface area contributed by atoms with E-state index in [1.165, 1.54) is 0 Å². The number of hydrogen-bond donors (Lipinski definition) is 1. The van der Waals surface area contributed by atoms with Gasteiger partial charge in [-0.05, 0) is 35.9 Å². The van der Waals surface area contributed by atoms with Gasteiger partial charge in [-0.1, -0.05) is 19.1 Å². The van der Waals surface area contributed by atoms with Gasteiger partial charge in [-0.15, -0.1) is 0 Å². The molecule has 1 heterocycles. The average Bonchev–Trinajstić information content (AvgIpc) is 2.63. The van der Waals surface area contributed by atoms with Crippen molar-refractivity contribution in [3.63, 3.8) is 0 Å². The molecule has 0 bridgehead atoms. The molecule has 1 N–H and O–H groups in total. The topological polar surface area (TPSA) is 60.4 Å². The summed E-state index contributed by atoms with van der Waals surface area (Å²) in [6.07, 6.45) is 1.21. The minimum absolute atomic E-state index is 0.0433. The van der Waals surface area contributed by atoms with E-state index in [0.717, 1.165) is 11.3 Å². The first-order valence-electron chi connectivity index (χ1n) is 5.02. The molecule has 1 aromatic heterocycles. The van der Waals surface area contributed by atoms with E-state index in [4.69, 9.17) is 17.1 Å². The molecule has 0 radical (unpaired) electrons. The second-order valence-electron chi connectivity index (χ2n) is 3.64. The smallest absolute Gasteiger partial charge is 0.169 e. The molecular formula is C10H15O3PS2. The fraction of sp³-hybridized carbons (Fsp3) is 0.500. The predicted molar refractivity (Wildman–Crippen MR) is 70.1 cm³/mol. The Morgan fingerprint density at radius 2 is 2.38 bits per heavy atom. The third kappa shape index (κ3) is 3.47. The summed E-state index contributed by atoms with van der Waals surface area (Å²) in [5.41, 5.74) is 0. The fourth-order valence-electron chi connectivity index (χ4n) is 1.36. The second-order valence-corrected chi connectivity index (χ2v) is 8.36. The first-order valence-corrected chi connectivity index (χ1v) is 8.36. The average molecular weight is 278 g/mol. The van der Waals surface area contributed by atoms with Crippen LogP contribution in [0.15, 0.2) is 17.5 Å². The van der Waals surface area contributed by atoms with Crippen LogP contribution in [0.1, 0.15) is 30.4 Å². The maximum absolute atomic E-state index is 10.9. The van der Waals surface area contributed by atoms with Crippen molar-refractivity contribution in [1.29, 1.82) is 0 Å². The van der Waals surface area contributed by atoms with Crippen LogP contribution in [0.4, 0.5) is 0 Å². The lowest BCUT2D eigenvalue weighted by Gasteiger charge is -2.15. The minimum atomic E-state index is -4.46. The van der Waals surface area contributed by atoms with Crippen LogP contribution in [0.5, 0.6) is 0 Å². The van der Waals surface area contributed by atoms with Gasteiger partial charge in [0.15, 0.2) is 12.5 Å². The Balaban J connectivity index is 2.87. The van der Waals surface area contributed by atoms with E-state index < -0.39 is 7.60 Å². The van der Waals surface area contributed by atoms with Crippen LogP contribution in [0.2, 0.25) is 0 Å². The Labute approximate surface area is 104 Å². The normalized spacial score (nSPS) is 17.9. The second kappa shape index (κ2) is 5.52. The molecule has 3 atom stereocenters. The molecule has 0 aliphatic heterocycles. The predicted octanol–water partition coefficient (Wildman–Crippen LogP) is 2.82. The van der Waals surface area contributed by atoms with Crippen molar-refractivity contribution in [2.24, 2.45) is 0 Å². The molecule has 0 fully saturated rings. The number of rotatable bonds is 5. The maximum Gasteiger partial charge on any atom is 0.169 e. The minimum Gasteiger partial charge on any atom is -0.775 e. The van der Waals surface area contributed by atoms with Crippen LogP contribution < -0.4 is 4.89 Å². The summed E-state index contributed by atoms with van der Waals surface area (Å²) in [4.78, 5) is 20.7. The van der Waals surface area contributed by atoms with Gasteiger partial charge in [0.2, 0.25) is 0 Å². The number of thiophene rings is 1. The molecule has 0 amide bonds. The standard InChI is InChI=1S/C10H15O3PS2/c1-3-8(2)16-6-4-5-9(16)7-10(15)14(11,12)13/h4-6,8H,3,7H2,1-2H3,(H-,11,12,13). The highest BCUT2D eigenvalue weighted by molar-refractivity contribution is 7.96. The van der Waals surface area contributed by atoms with Crippen molar-refractivity contribution < 1.29 is 14.4 Å². The lowest BCUT2D eigenvalue weighted by atomic mass is 10.4. The van der Waals surface area contributed by atoms with E-state index in [1.807, 2.05) is 12.1 Å². The first-order chi connectivity index (χ1) is 7.36. The van der Waals surface area contributed by atoms with E-state index in [1.54, 1.807) is 0 Å². The van der Waals surface area contributed by atoms with Gasteiger partial charge in [-0.25, -0.2) is 0 Å². The van der Waals surface area contributed by atoms with Gasteiger partial charge < -0.3 is 14.4 Å². The Morgan fingerprint density at radius 1 is 1.75 bits per heavy atom. The third-order valence-corrected chi connectivity index (χ3v) is 6.62. The molecule has 0 saturated heterocycles. The van der Waals surface area contributed by atoms with E-state index >= 15 is 0 Å². The van der Waals surface area contributed by atoms with E-state index in [2.05, 4.69) is 19.2 Å². The molecule has 16 heavy (non-hydrogen) atoms. The zero-order valence-electron chi connectivity index (χ0n) is 9.25. The van der Waals surface area contributed by atoms with Crippen molar-refractivity contribution in [3.05, 3.63) is 22.4 Å². The van der Waals surface area contributed by atoms with Crippen LogP contribution in [-0.4, -0.2) is 9.50 Å². The maximum atomic E-state index is 10.9. The van der Waals surface area contributed by atoms with E-state index in [9.17, 15) is 9.46 Å². The molecule has 3 unspecified atom stereocenters. The summed E-state index contributed by atoms with van der Waals surface area (Å²) in [7, 11) is -4.50. The van der Waals surface area contributed by atoms with Crippen molar-refractivity contribution in [2.75, 3.05) is 0 Å². The molecule has 1 rings (SSSR count). The Hall–Kier alpha value is -0.0600. The van der Waals surface area contributed by atoms with Crippen LogP contribution in [-0.2, 0) is 11.0 Å². The number of hydrogen-bond acceptors (Lipinski definition) is 3. The lowest BCUT2D eigenvalue weighted by molar-refractivity contribution is -0.187. The van der Waals surface area contributed by atoms with Gasteiger partial charge in [-0.2, -0.15) is 0 Å². The quantitative estimate of drug-likeness (QED) is 0.511. The molecule has 0 aliphatic rings. The number of thiocarbonyl (C=S) groups is 1. The summed E-state index contributed by atoms with van der Waals surface area (Å²) >= 11 is 4.71. The van der Waals surface area contributed by atoms with Crippen molar-refractivity contribution in [1.82, 2.24) is 0 Å². The fourth-order valence-corrected chi connectivity index (χ4v) is 4.20. The highest BCUT2D eigenvalue weighted by atomic mass is 32.2. The van der Waals surface area contributed by atoms with Gasteiger partial charge in [0.1, 0.15) is 10.6 Å². The molecule has 6 heteroatoms. The van der Waals surface area contributed by atoms with Crippen molar-refractivity contribution in [2.45, 2.75) is 31.9 Å². The molecular weight excluding hydrogens is 263 g/mol. The van der Waals surface area contributed by atoms with Crippen LogP contribution in [0, 0.1) is 0 Å². The third-order valence-electron chi connectivity index (χ3n) is 2.46. The zero-order chi connectivity index (χ0) is 12.3. The van der Waals surface area contributed by atoms with Crippen molar-refractivity contribution >= 4 is 34.9 Å². The summed E-state index contributed by atoms with van der Waals surface area (Å²) in [5, 5.41) is 2.57. The Kier molecular flexibility index (Phi) is 4.83. The summed E-state index contributed by atoms with van der Waals surface area (Å²) in [5.74, 6) is 0. The van der Waals surface area contributed by atoms with Crippen LogP contribution in [0.25, 0.3) is 0 Å². The lowest BCUT2D eigenvalue weighted by Crippen LogP contribution is -2.10. The summed E-state index contributed by atoms with van der Waals surface area (Å²) < 4.78 is 10.6. The summed E-state index contributed by atoms with van der Waals surface area (Å²) in [6.45, 7) is 4.23. The van der Waals surface area contributed by atoms with E-state index in [0.29, 0.717) is 5.25 Å². The van der Waals surface area contributed by atoms with Crippen molar-refractivity contribution in [3.8, 4) is 0 Å². The Bertz CT molecular complexity index is 421. The molecule has 1 aromatic rings. The van der Waals surface area contributed by atoms with Gasteiger partial charge >= 0.3 is 0 Å². The van der Waals surface area contributed by atoms with Crippen LogP contribution in [0.3, 0.4) is 0 Å². The molecule has 0 aromatic carbocycles. The molecule has 0 aliphatic carbocycles. The highest BCUT2D eigenvalue weighted by Gasteiger charge is 2.22. The van der Waals surface area contributed by atoms with Gasteiger partial charge in [0.05, 0.1) is 11.0 Å². The molecule has 0 spiro atoms. The van der Waals surface area contributed by atoms with Gasteiger partial charge in [0.25, 0.3) is 0 Å². The Morgan fingerprint density at radius 3 is 2.88 bits per heavy atom. The van der Waals surface area contributed by atoms with Gasteiger partial charge in [-0.3, -0.25) is 0 Å². The summed E-state index contributed by atoms with van der Waals surface area (Å²) in [6, 6.07) is 3.83. The van der Waals surface area contributed by atoms with Gasteiger partial charge in [0, 0.05) is 0 Å². The monoisotopic (exact) mass is 278 g/mol. The highest BCUT2D eigenvalue weighted by Crippen LogP contribution is 2.41. The molecule has 0 saturated carbocycles. The molecule has 3 nitrogen and oxygen atoms in total. The van der Waals surface area contributed by atoms with E-state index in [-0.39, 0.29) is 21.5 Å². The van der Waals surface area contributed by atoms with Crippen LogP contribution >= 0.6 is 30.3 Å². The SMILES string of the molecule is CCC(C)[s+]1cccc1CC(=S)P(=O)([O-])O.